The van der Waals surface area contributed by atoms with Gasteiger partial charge in [0.2, 0.25) is 0 Å². The Morgan fingerprint density at radius 3 is 1.64 bits per heavy atom. The first-order valence-corrected chi connectivity index (χ1v) is 9.98. The lowest BCUT2D eigenvalue weighted by atomic mass is 9.73. The molecule has 2 aromatic rings. The molecule has 1 aliphatic rings. The molecule has 0 amide bonds. The van der Waals surface area contributed by atoms with Gasteiger partial charge in [0.15, 0.2) is 0 Å². The lowest BCUT2D eigenvalue weighted by Crippen LogP contribution is -2.16. The molecule has 28 heavy (non-hydrogen) atoms. The second kappa shape index (κ2) is 7.16. The minimum Gasteiger partial charge on any atom is -0.507 e. The highest BCUT2D eigenvalue weighted by molar-refractivity contribution is 5.58. The molecule has 0 saturated heterocycles. The van der Waals surface area contributed by atoms with Gasteiger partial charge in [-0.15, -0.1) is 0 Å². The highest BCUT2D eigenvalue weighted by Crippen LogP contribution is 2.47. The van der Waals surface area contributed by atoms with Crippen LogP contribution in [0.1, 0.15) is 66.5 Å². The molecule has 0 aliphatic heterocycles. The zero-order valence-corrected chi connectivity index (χ0v) is 18.1. The molecular weight excluding hydrogens is 344 g/mol. The van der Waals surface area contributed by atoms with E-state index in [1.165, 1.54) is 11.1 Å². The van der Waals surface area contributed by atoms with Gasteiger partial charge in [0.05, 0.1) is 0 Å². The first-order chi connectivity index (χ1) is 13.0. The van der Waals surface area contributed by atoms with Crippen LogP contribution in [0, 0.1) is 33.1 Å². The van der Waals surface area contributed by atoms with Crippen LogP contribution in [0.25, 0.3) is 0 Å². The Morgan fingerprint density at radius 1 is 0.750 bits per heavy atom. The fraction of sp³-hybridized carbons (Fsp3) is 0.385. The van der Waals surface area contributed by atoms with Crippen LogP contribution < -0.4 is 0 Å². The molecule has 0 bridgehead atoms. The van der Waals surface area contributed by atoms with Gasteiger partial charge >= 0.3 is 0 Å². The first-order valence-electron chi connectivity index (χ1n) is 9.98. The largest absolute Gasteiger partial charge is 0.507 e. The van der Waals surface area contributed by atoms with E-state index in [1.807, 2.05) is 26.0 Å². The Balaban J connectivity index is 2.33. The van der Waals surface area contributed by atoms with Crippen molar-refractivity contribution in [3.63, 3.8) is 0 Å². The maximum absolute atomic E-state index is 11.0. The monoisotopic (exact) mass is 376 g/mol. The van der Waals surface area contributed by atoms with Gasteiger partial charge in [0.1, 0.15) is 11.5 Å². The summed E-state index contributed by atoms with van der Waals surface area (Å²) in [5.41, 5.74) is 8.19. The van der Waals surface area contributed by atoms with Crippen molar-refractivity contribution in [1.82, 2.24) is 0 Å². The maximum Gasteiger partial charge on any atom is 0.122 e. The summed E-state index contributed by atoms with van der Waals surface area (Å²) in [6, 6.07) is 8.13. The van der Waals surface area contributed by atoms with Gasteiger partial charge in [-0.3, -0.25) is 0 Å². The van der Waals surface area contributed by atoms with Crippen LogP contribution in [0.4, 0.5) is 0 Å². The molecule has 2 aromatic carbocycles. The van der Waals surface area contributed by atoms with Crippen LogP contribution in [0.5, 0.6) is 11.5 Å². The molecule has 148 valence electrons. The van der Waals surface area contributed by atoms with Crippen LogP contribution in [-0.2, 0) is 0 Å². The molecule has 0 saturated carbocycles. The summed E-state index contributed by atoms with van der Waals surface area (Å²) in [5.74, 6) is 0.459. The smallest absolute Gasteiger partial charge is 0.122 e. The molecule has 0 atom stereocenters. The summed E-state index contributed by atoms with van der Waals surface area (Å²) in [6.07, 6.45) is 5.45. The standard InChI is InChI=1S/C26H32O2/c1-15-8-18(4)24(27)21(11-15)23(20-10-17(3)13-26(6,7)14-20)22-12-16(2)9-19(5)25(22)28/h8-9,11-14,23,27-28H,10H2,1-7H3. The van der Waals surface area contributed by atoms with Crippen molar-refractivity contribution in [3.8, 4) is 11.5 Å². The number of hydrogen-bond donors (Lipinski definition) is 2. The fourth-order valence-electron chi connectivity index (χ4n) is 4.76. The Hall–Kier alpha value is -2.48. The quantitative estimate of drug-likeness (QED) is 0.581. The van der Waals surface area contributed by atoms with Gasteiger partial charge in [-0.1, -0.05) is 72.5 Å². The van der Waals surface area contributed by atoms with Crippen LogP contribution in [0.2, 0.25) is 0 Å². The van der Waals surface area contributed by atoms with Crippen LogP contribution in [-0.4, -0.2) is 10.2 Å². The van der Waals surface area contributed by atoms with Crippen molar-refractivity contribution in [2.24, 2.45) is 5.41 Å². The van der Waals surface area contributed by atoms with Crippen molar-refractivity contribution < 1.29 is 10.2 Å². The molecule has 2 nitrogen and oxygen atoms in total. The minimum atomic E-state index is -0.180. The van der Waals surface area contributed by atoms with E-state index in [0.29, 0.717) is 11.5 Å². The van der Waals surface area contributed by atoms with E-state index in [0.717, 1.165) is 39.8 Å². The van der Waals surface area contributed by atoms with Crippen LogP contribution >= 0.6 is 0 Å². The third-order valence-electron chi connectivity index (χ3n) is 5.60. The zero-order valence-electron chi connectivity index (χ0n) is 18.1. The van der Waals surface area contributed by atoms with Gasteiger partial charge in [-0.05, 0) is 52.2 Å². The number of hydrogen-bond acceptors (Lipinski definition) is 2. The molecule has 0 unspecified atom stereocenters. The van der Waals surface area contributed by atoms with Crippen LogP contribution in [0.15, 0.2) is 47.6 Å². The van der Waals surface area contributed by atoms with E-state index in [-0.39, 0.29) is 11.3 Å². The lowest BCUT2D eigenvalue weighted by Gasteiger charge is -2.32. The minimum absolute atomic E-state index is 0.0567. The summed E-state index contributed by atoms with van der Waals surface area (Å²) < 4.78 is 0. The number of benzene rings is 2. The van der Waals surface area contributed by atoms with Gasteiger partial charge in [0.25, 0.3) is 0 Å². The molecule has 2 heteroatoms. The first kappa shape index (κ1) is 20.3. The summed E-state index contributed by atoms with van der Waals surface area (Å²) in [7, 11) is 0. The topological polar surface area (TPSA) is 40.5 Å². The predicted octanol–water partition coefficient (Wildman–Crippen LogP) is 6.77. The summed E-state index contributed by atoms with van der Waals surface area (Å²) in [4.78, 5) is 0. The van der Waals surface area contributed by atoms with E-state index < -0.39 is 0 Å². The predicted molar refractivity (Wildman–Crippen MR) is 117 cm³/mol. The Bertz CT molecular complexity index is 932. The molecule has 0 radical (unpaired) electrons. The fourth-order valence-corrected chi connectivity index (χ4v) is 4.76. The van der Waals surface area contributed by atoms with E-state index in [2.05, 4.69) is 58.9 Å². The van der Waals surface area contributed by atoms with E-state index in [9.17, 15) is 10.2 Å². The highest BCUT2D eigenvalue weighted by Gasteiger charge is 2.30. The molecule has 0 heterocycles. The van der Waals surface area contributed by atoms with Crippen molar-refractivity contribution in [1.29, 1.82) is 0 Å². The number of aromatic hydroxyl groups is 2. The molecule has 0 spiro atoms. The van der Waals surface area contributed by atoms with Gasteiger partial charge in [-0.2, -0.15) is 0 Å². The number of rotatable bonds is 3. The summed E-state index contributed by atoms with van der Waals surface area (Å²) in [6.45, 7) is 14.6. The van der Waals surface area contributed by atoms with Crippen molar-refractivity contribution in [2.45, 2.75) is 60.8 Å². The van der Waals surface area contributed by atoms with Gasteiger partial charge in [-0.25, -0.2) is 0 Å². The maximum atomic E-state index is 11.0. The average molecular weight is 377 g/mol. The zero-order chi connectivity index (χ0) is 20.8. The van der Waals surface area contributed by atoms with Crippen molar-refractivity contribution in [2.75, 3.05) is 0 Å². The van der Waals surface area contributed by atoms with E-state index in [1.54, 1.807) is 0 Å². The number of allylic oxidation sites excluding steroid dienone is 4. The van der Waals surface area contributed by atoms with Gasteiger partial charge in [0, 0.05) is 22.5 Å². The summed E-state index contributed by atoms with van der Waals surface area (Å²) in [5, 5.41) is 22.0. The molecule has 0 aromatic heterocycles. The van der Waals surface area contributed by atoms with Gasteiger partial charge < -0.3 is 10.2 Å². The SMILES string of the molecule is CC1=CC(C)(C)C=C(C(c2cc(C)cc(C)c2O)c2cc(C)cc(C)c2O)C1. The second-order valence-electron chi connectivity index (χ2n) is 9.18. The van der Waals surface area contributed by atoms with E-state index in [4.69, 9.17) is 0 Å². The van der Waals surface area contributed by atoms with Crippen LogP contribution in [0.3, 0.4) is 0 Å². The normalized spacial score (nSPS) is 16.1. The molecule has 2 N–H and O–H groups in total. The molecular formula is C26H32O2. The molecule has 1 aliphatic carbocycles. The van der Waals surface area contributed by atoms with Crippen molar-refractivity contribution >= 4 is 0 Å². The third-order valence-corrected chi connectivity index (χ3v) is 5.60. The number of phenols is 2. The molecule has 0 fully saturated rings. The highest BCUT2D eigenvalue weighted by atomic mass is 16.3. The molecule has 3 rings (SSSR count). The van der Waals surface area contributed by atoms with E-state index >= 15 is 0 Å². The third kappa shape index (κ3) is 3.87. The summed E-state index contributed by atoms with van der Waals surface area (Å²) >= 11 is 0. The van der Waals surface area contributed by atoms with Crippen molar-refractivity contribution in [3.05, 3.63) is 80.9 Å². The number of aryl methyl sites for hydroxylation is 4. The second-order valence-corrected chi connectivity index (χ2v) is 9.18. The Kier molecular flexibility index (Phi) is 5.18. The Labute approximate surface area is 169 Å². The average Bonchev–Trinajstić information content (AvgIpc) is 2.54. The number of phenolic OH excluding ortho intramolecular Hbond substituents is 2. The Morgan fingerprint density at radius 2 is 1.21 bits per heavy atom. The lowest BCUT2D eigenvalue weighted by molar-refractivity contribution is 0.452.